The molecule has 6 nitrogen and oxygen atoms in total. The molecule has 4 N–H and O–H groups in total. The summed E-state index contributed by atoms with van der Waals surface area (Å²) in [4.78, 5) is -0.0757. The summed E-state index contributed by atoms with van der Waals surface area (Å²) in [5.74, 6) is 0.434. The summed E-state index contributed by atoms with van der Waals surface area (Å²) in [7, 11) is -3.82. The lowest BCUT2D eigenvalue weighted by Crippen LogP contribution is -2.14. The molecule has 0 aliphatic carbocycles. The van der Waals surface area contributed by atoms with Crippen LogP contribution in [-0.4, -0.2) is 18.6 Å². The van der Waals surface area contributed by atoms with E-state index in [1.165, 1.54) is 18.2 Å². The zero-order chi connectivity index (χ0) is 14.9. The summed E-state index contributed by atoms with van der Waals surface area (Å²) in [6.07, 6.45) is 0. The number of nitrogens with two attached hydrogens (primary N) is 1. The minimum Gasteiger partial charge on any atom is -0.399 e. The highest BCUT2D eigenvalue weighted by Crippen LogP contribution is 2.26. The first-order valence-electron chi connectivity index (χ1n) is 5.93. The van der Waals surface area contributed by atoms with Crippen LogP contribution in [0.3, 0.4) is 0 Å². The van der Waals surface area contributed by atoms with Gasteiger partial charge in [-0.05, 0) is 24.1 Å². The second kappa shape index (κ2) is 5.34. The second-order valence-electron chi connectivity index (χ2n) is 4.66. The molecule has 1 aromatic heterocycles. The highest BCUT2D eigenvalue weighted by Gasteiger charge is 2.20. The van der Waals surface area contributed by atoms with Crippen molar-refractivity contribution >= 4 is 33.1 Å². The number of hydrogen-bond acceptors (Lipinski definition) is 4. The summed E-state index contributed by atoms with van der Waals surface area (Å²) < 4.78 is 26.9. The van der Waals surface area contributed by atoms with E-state index in [4.69, 9.17) is 17.3 Å². The molecule has 2 aromatic rings. The van der Waals surface area contributed by atoms with Crippen LogP contribution in [0.25, 0.3) is 0 Å². The van der Waals surface area contributed by atoms with Crippen molar-refractivity contribution in [2.75, 3.05) is 10.5 Å². The third-order valence-electron chi connectivity index (χ3n) is 2.70. The highest BCUT2D eigenvalue weighted by molar-refractivity contribution is 7.92. The van der Waals surface area contributed by atoms with E-state index in [0.29, 0.717) is 5.69 Å². The fourth-order valence-corrected chi connectivity index (χ4v) is 3.13. The Kier molecular flexibility index (Phi) is 3.92. The predicted octanol–water partition coefficient (Wildman–Crippen LogP) is 2.57. The van der Waals surface area contributed by atoms with Crippen molar-refractivity contribution in [3.05, 3.63) is 35.0 Å². The molecular weight excluding hydrogens is 300 g/mol. The molecule has 0 unspecified atom stereocenters. The molecule has 0 bridgehead atoms. The quantitative estimate of drug-likeness (QED) is 0.755. The Morgan fingerprint density at radius 2 is 2.05 bits per heavy atom. The molecule has 0 saturated carbocycles. The zero-order valence-corrected chi connectivity index (χ0v) is 12.6. The summed E-state index contributed by atoms with van der Waals surface area (Å²) in [5.41, 5.74) is 6.74. The highest BCUT2D eigenvalue weighted by atomic mass is 35.5. The van der Waals surface area contributed by atoms with Crippen molar-refractivity contribution in [2.24, 2.45) is 0 Å². The van der Waals surface area contributed by atoms with E-state index >= 15 is 0 Å². The number of nitrogen functional groups attached to an aromatic ring is 1. The maximum absolute atomic E-state index is 12.2. The molecule has 8 heteroatoms. The average Bonchev–Trinajstić information content (AvgIpc) is 2.80. The number of anilines is 2. The van der Waals surface area contributed by atoms with E-state index in [2.05, 4.69) is 14.9 Å². The summed E-state index contributed by atoms with van der Waals surface area (Å²) in [6.45, 7) is 3.95. The van der Waals surface area contributed by atoms with Crippen molar-refractivity contribution in [3.63, 3.8) is 0 Å². The lowest BCUT2D eigenvalue weighted by atomic mass is 10.1. The molecule has 0 spiro atoms. The van der Waals surface area contributed by atoms with E-state index in [0.717, 1.165) is 5.69 Å². The van der Waals surface area contributed by atoms with Gasteiger partial charge in [0.05, 0.1) is 5.02 Å². The molecule has 0 saturated heterocycles. The lowest BCUT2D eigenvalue weighted by molar-refractivity contribution is 0.601. The van der Waals surface area contributed by atoms with Gasteiger partial charge >= 0.3 is 0 Å². The van der Waals surface area contributed by atoms with Crippen molar-refractivity contribution in [2.45, 2.75) is 24.7 Å². The fraction of sp³-hybridized carbons (Fsp3) is 0.250. The maximum Gasteiger partial charge on any atom is 0.264 e. The third-order valence-corrected chi connectivity index (χ3v) is 4.54. The number of aromatic amines is 1. The third kappa shape index (κ3) is 3.05. The topological polar surface area (TPSA) is 101 Å². The number of H-pyrrole nitrogens is 1. The van der Waals surface area contributed by atoms with E-state index in [-0.39, 0.29) is 21.7 Å². The average molecular weight is 315 g/mol. The van der Waals surface area contributed by atoms with E-state index in [9.17, 15) is 8.42 Å². The first kappa shape index (κ1) is 14.7. The van der Waals surface area contributed by atoms with Crippen LogP contribution in [0, 0.1) is 0 Å². The van der Waals surface area contributed by atoms with Gasteiger partial charge in [0.25, 0.3) is 10.0 Å². The largest absolute Gasteiger partial charge is 0.399 e. The van der Waals surface area contributed by atoms with Gasteiger partial charge in [0.1, 0.15) is 4.90 Å². The summed E-state index contributed by atoms with van der Waals surface area (Å²) in [5, 5.41) is 6.78. The van der Waals surface area contributed by atoms with Crippen LogP contribution in [0.15, 0.2) is 29.2 Å². The van der Waals surface area contributed by atoms with Crippen LogP contribution in [0.2, 0.25) is 5.02 Å². The molecule has 1 heterocycles. The molecule has 0 aliphatic heterocycles. The van der Waals surface area contributed by atoms with Crippen molar-refractivity contribution < 1.29 is 8.42 Å². The summed E-state index contributed by atoms with van der Waals surface area (Å²) in [6, 6.07) is 5.92. The Bertz CT molecular complexity index is 725. The molecule has 0 amide bonds. The number of hydrogen-bond donors (Lipinski definition) is 3. The van der Waals surface area contributed by atoms with E-state index < -0.39 is 10.0 Å². The van der Waals surface area contributed by atoms with Gasteiger partial charge in [0, 0.05) is 17.4 Å². The van der Waals surface area contributed by atoms with Gasteiger partial charge in [-0.2, -0.15) is 5.10 Å². The van der Waals surface area contributed by atoms with Crippen LogP contribution in [-0.2, 0) is 10.0 Å². The van der Waals surface area contributed by atoms with Crippen molar-refractivity contribution in [1.82, 2.24) is 10.2 Å². The van der Waals surface area contributed by atoms with Gasteiger partial charge in [0.15, 0.2) is 5.82 Å². The first-order valence-corrected chi connectivity index (χ1v) is 7.79. The van der Waals surface area contributed by atoms with Crippen molar-refractivity contribution in [1.29, 1.82) is 0 Å². The van der Waals surface area contributed by atoms with Gasteiger partial charge in [-0.25, -0.2) is 8.42 Å². The Hall–Kier alpha value is -1.73. The van der Waals surface area contributed by atoms with E-state index in [1.54, 1.807) is 6.07 Å². The minimum atomic E-state index is -3.82. The minimum absolute atomic E-state index is 0.0757. The molecule has 1 aromatic carbocycles. The van der Waals surface area contributed by atoms with Gasteiger partial charge in [-0.15, -0.1) is 0 Å². The molecular formula is C12H15ClN4O2S. The van der Waals surface area contributed by atoms with Crippen LogP contribution >= 0.6 is 11.6 Å². The SMILES string of the molecule is CC(C)c1cc(NS(=O)(=O)c2cc(N)ccc2Cl)n[nH]1. The summed E-state index contributed by atoms with van der Waals surface area (Å²) >= 11 is 5.90. The van der Waals surface area contributed by atoms with Gasteiger partial charge in [0.2, 0.25) is 0 Å². The van der Waals surface area contributed by atoms with Crippen LogP contribution in [0.4, 0.5) is 11.5 Å². The normalized spacial score (nSPS) is 11.8. The number of nitrogens with one attached hydrogen (secondary N) is 2. The van der Waals surface area contributed by atoms with Gasteiger partial charge in [-0.1, -0.05) is 25.4 Å². The van der Waals surface area contributed by atoms with Gasteiger partial charge < -0.3 is 5.73 Å². The van der Waals surface area contributed by atoms with Crippen LogP contribution < -0.4 is 10.5 Å². The smallest absolute Gasteiger partial charge is 0.264 e. The molecule has 0 atom stereocenters. The number of aromatic nitrogens is 2. The molecule has 0 radical (unpaired) electrons. The number of benzene rings is 1. The van der Waals surface area contributed by atoms with E-state index in [1.807, 2.05) is 13.8 Å². The second-order valence-corrected chi connectivity index (χ2v) is 6.72. The van der Waals surface area contributed by atoms with Crippen LogP contribution in [0.5, 0.6) is 0 Å². The molecule has 20 heavy (non-hydrogen) atoms. The number of halogens is 1. The molecule has 0 fully saturated rings. The van der Waals surface area contributed by atoms with Crippen LogP contribution in [0.1, 0.15) is 25.5 Å². The maximum atomic E-state index is 12.2. The molecule has 2 rings (SSSR count). The first-order chi connectivity index (χ1) is 9.29. The lowest BCUT2D eigenvalue weighted by Gasteiger charge is -2.07. The Morgan fingerprint density at radius 3 is 2.65 bits per heavy atom. The number of nitrogens with zero attached hydrogens (tertiary/aromatic N) is 1. The van der Waals surface area contributed by atoms with Gasteiger partial charge in [-0.3, -0.25) is 9.82 Å². The standard InChI is InChI=1S/C12H15ClN4O2S/c1-7(2)10-6-12(16-15-10)17-20(18,19)11-5-8(14)3-4-9(11)13/h3-7H,14H2,1-2H3,(H2,15,16,17). The predicted molar refractivity (Wildman–Crippen MR) is 79.3 cm³/mol. The molecule has 108 valence electrons. The number of sulfonamides is 1. The Labute approximate surface area is 122 Å². The Balaban J connectivity index is 2.33. The van der Waals surface area contributed by atoms with Crippen molar-refractivity contribution in [3.8, 4) is 0 Å². The zero-order valence-electron chi connectivity index (χ0n) is 11.0. The Morgan fingerprint density at radius 1 is 1.35 bits per heavy atom. The monoisotopic (exact) mass is 314 g/mol. The fourth-order valence-electron chi connectivity index (χ4n) is 1.60. The number of rotatable bonds is 4. The molecule has 0 aliphatic rings.